The van der Waals surface area contributed by atoms with E-state index in [2.05, 4.69) is 22.8 Å². The van der Waals surface area contributed by atoms with Crippen LogP contribution < -0.4 is 10.6 Å². The Bertz CT molecular complexity index is 605. The lowest BCUT2D eigenvalue weighted by Crippen LogP contribution is -2.45. The number of nitrogens with one attached hydrogen (secondary N) is 2. The third-order valence-corrected chi connectivity index (χ3v) is 4.84. The third kappa shape index (κ3) is 4.26. The van der Waals surface area contributed by atoms with Gasteiger partial charge in [0.05, 0.1) is 12.7 Å². The quantitative estimate of drug-likeness (QED) is 0.873. The molecule has 3 rings (SSSR count). The molecule has 1 fully saturated rings. The van der Waals surface area contributed by atoms with Crippen molar-refractivity contribution in [3.8, 4) is 0 Å². The number of piperidine rings is 1. The van der Waals surface area contributed by atoms with E-state index in [0.717, 1.165) is 19.4 Å². The minimum absolute atomic E-state index is 0.00978. The minimum Gasteiger partial charge on any atom is -0.371 e. The minimum atomic E-state index is -0.191. The van der Waals surface area contributed by atoms with E-state index in [4.69, 9.17) is 4.74 Å². The SMILES string of the molecule is CN1CCC(CNC(=O)NC[C@@H]2Cc3ccccc3CO2)CC1=O. The first kappa shape index (κ1) is 16.8. The fourth-order valence-corrected chi connectivity index (χ4v) is 3.23. The van der Waals surface area contributed by atoms with Crippen LogP contribution >= 0.6 is 0 Å². The number of hydrogen-bond acceptors (Lipinski definition) is 3. The molecule has 2 atom stereocenters. The zero-order chi connectivity index (χ0) is 16.9. The molecule has 2 heterocycles. The van der Waals surface area contributed by atoms with Crippen LogP contribution in [0.4, 0.5) is 4.79 Å². The van der Waals surface area contributed by atoms with Crippen molar-refractivity contribution >= 4 is 11.9 Å². The third-order valence-electron chi connectivity index (χ3n) is 4.84. The standard InChI is InChI=1S/C18H25N3O3/c1-21-7-6-13(8-17(21)22)10-19-18(23)20-11-16-9-14-4-2-3-5-15(14)12-24-16/h2-5,13,16H,6-12H2,1H3,(H2,19,20,23)/t13?,16-/m0/s1. The van der Waals surface area contributed by atoms with Crippen LogP contribution in [0.3, 0.4) is 0 Å². The summed E-state index contributed by atoms with van der Waals surface area (Å²) in [6, 6.07) is 8.05. The summed E-state index contributed by atoms with van der Waals surface area (Å²) < 4.78 is 5.78. The summed E-state index contributed by atoms with van der Waals surface area (Å²) in [4.78, 5) is 25.4. The Morgan fingerprint density at radius 3 is 2.75 bits per heavy atom. The Kier molecular flexibility index (Phi) is 5.35. The Morgan fingerprint density at radius 1 is 1.21 bits per heavy atom. The summed E-state index contributed by atoms with van der Waals surface area (Å²) in [6.07, 6.45) is 2.28. The maximum absolute atomic E-state index is 11.9. The molecule has 0 radical (unpaired) electrons. The van der Waals surface area contributed by atoms with Crippen molar-refractivity contribution in [2.45, 2.75) is 32.0 Å². The molecule has 1 aromatic carbocycles. The highest BCUT2D eigenvalue weighted by Gasteiger charge is 2.24. The second-order valence-electron chi connectivity index (χ2n) is 6.67. The van der Waals surface area contributed by atoms with Crippen LogP contribution in [0, 0.1) is 5.92 Å². The van der Waals surface area contributed by atoms with Gasteiger partial charge in [0.25, 0.3) is 0 Å². The molecule has 2 aliphatic rings. The van der Waals surface area contributed by atoms with Crippen LogP contribution in [0.1, 0.15) is 24.0 Å². The van der Waals surface area contributed by atoms with E-state index in [0.29, 0.717) is 26.1 Å². The normalized spacial score (nSPS) is 23.5. The van der Waals surface area contributed by atoms with E-state index in [1.807, 2.05) is 19.2 Å². The molecule has 6 nitrogen and oxygen atoms in total. The van der Waals surface area contributed by atoms with Crippen molar-refractivity contribution in [3.63, 3.8) is 0 Å². The first-order chi connectivity index (χ1) is 11.6. The maximum atomic E-state index is 11.9. The molecule has 1 unspecified atom stereocenters. The Hall–Kier alpha value is -2.08. The molecule has 2 aliphatic heterocycles. The highest BCUT2D eigenvalue weighted by Crippen LogP contribution is 2.20. The lowest BCUT2D eigenvalue weighted by Gasteiger charge is -2.29. The molecular formula is C18H25N3O3. The van der Waals surface area contributed by atoms with Gasteiger partial charge in [0.2, 0.25) is 5.91 Å². The average Bonchev–Trinajstić information content (AvgIpc) is 2.60. The number of urea groups is 1. The molecular weight excluding hydrogens is 306 g/mol. The van der Waals surface area contributed by atoms with Crippen molar-refractivity contribution < 1.29 is 14.3 Å². The number of ether oxygens (including phenoxy) is 1. The lowest BCUT2D eigenvalue weighted by molar-refractivity contribution is -0.133. The summed E-state index contributed by atoms with van der Waals surface area (Å²) in [6.45, 7) is 2.40. The van der Waals surface area contributed by atoms with Gasteiger partial charge in [-0.2, -0.15) is 0 Å². The maximum Gasteiger partial charge on any atom is 0.314 e. The van der Waals surface area contributed by atoms with Crippen molar-refractivity contribution in [2.75, 3.05) is 26.7 Å². The molecule has 24 heavy (non-hydrogen) atoms. The number of hydrogen-bond donors (Lipinski definition) is 2. The van der Waals surface area contributed by atoms with Crippen LogP contribution in [-0.2, 0) is 22.6 Å². The first-order valence-corrected chi connectivity index (χ1v) is 8.56. The zero-order valence-corrected chi connectivity index (χ0v) is 14.1. The highest BCUT2D eigenvalue weighted by molar-refractivity contribution is 5.77. The van der Waals surface area contributed by atoms with Gasteiger partial charge in [-0.1, -0.05) is 24.3 Å². The fraction of sp³-hybridized carbons (Fsp3) is 0.556. The predicted octanol–water partition coefficient (Wildman–Crippen LogP) is 1.30. The van der Waals surface area contributed by atoms with Crippen molar-refractivity contribution in [3.05, 3.63) is 35.4 Å². The number of benzene rings is 1. The number of amides is 3. The van der Waals surface area contributed by atoms with Gasteiger partial charge in [0, 0.05) is 39.5 Å². The van der Waals surface area contributed by atoms with Gasteiger partial charge in [0.1, 0.15) is 0 Å². The Balaban J connectivity index is 1.37. The van der Waals surface area contributed by atoms with E-state index in [1.165, 1.54) is 11.1 Å². The summed E-state index contributed by atoms with van der Waals surface area (Å²) >= 11 is 0. The number of fused-ring (bicyclic) bond motifs is 1. The van der Waals surface area contributed by atoms with Crippen molar-refractivity contribution in [2.24, 2.45) is 5.92 Å². The molecule has 6 heteroatoms. The molecule has 0 aliphatic carbocycles. The Morgan fingerprint density at radius 2 is 1.96 bits per heavy atom. The molecule has 1 aromatic rings. The van der Waals surface area contributed by atoms with E-state index in [9.17, 15) is 9.59 Å². The van der Waals surface area contributed by atoms with Crippen LogP contribution in [0.15, 0.2) is 24.3 Å². The summed E-state index contributed by atoms with van der Waals surface area (Å²) in [5.41, 5.74) is 2.52. The second-order valence-corrected chi connectivity index (χ2v) is 6.67. The summed E-state index contributed by atoms with van der Waals surface area (Å²) in [5, 5.41) is 5.74. The number of carbonyl (C=O) groups excluding carboxylic acids is 2. The lowest BCUT2D eigenvalue weighted by atomic mass is 9.96. The van der Waals surface area contributed by atoms with E-state index < -0.39 is 0 Å². The Labute approximate surface area is 142 Å². The van der Waals surface area contributed by atoms with Gasteiger partial charge < -0.3 is 20.3 Å². The van der Waals surface area contributed by atoms with Gasteiger partial charge in [-0.05, 0) is 23.5 Å². The van der Waals surface area contributed by atoms with Crippen LogP contribution in [0.25, 0.3) is 0 Å². The van der Waals surface area contributed by atoms with Gasteiger partial charge in [0.15, 0.2) is 0 Å². The average molecular weight is 331 g/mol. The molecule has 0 spiro atoms. The monoisotopic (exact) mass is 331 g/mol. The molecule has 2 N–H and O–H groups in total. The van der Waals surface area contributed by atoms with E-state index in [-0.39, 0.29) is 24.0 Å². The first-order valence-electron chi connectivity index (χ1n) is 8.56. The smallest absolute Gasteiger partial charge is 0.314 e. The highest BCUT2D eigenvalue weighted by atomic mass is 16.5. The van der Waals surface area contributed by atoms with Crippen molar-refractivity contribution in [1.29, 1.82) is 0 Å². The second kappa shape index (κ2) is 7.66. The predicted molar refractivity (Wildman–Crippen MR) is 90.5 cm³/mol. The van der Waals surface area contributed by atoms with Gasteiger partial charge in [-0.3, -0.25) is 4.79 Å². The molecule has 1 saturated heterocycles. The summed E-state index contributed by atoms with van der Waals surface area (Å²) in [7, 11) is 1.82. The van der Waals surface area contributed by atoms with Crippen molar-refractivity contribution in [1.82, 2.24) is 15.5 Å². The molecule has 0 saturated carbocycles. The van der Waals surface area contributed by atoms with Gasteiger partial charge in [-0.25, -0.2) is 4.79 Å². The largest absolute Gasteiger partial charge is 0.371 e. The zero-order valence-electron chi connectivity index (χ0n) is 14.1. The number of carbonyl (C=O) groups is 2. The van der Waals surface area contributed by atoms with Gasteiger partial charge in [-0.15, -0.1) is 0 Å². The van der Waals surface area contributed by atoms with Crippen LogP contribution in [0.2, 0.25) is 0 Å². The molecule has 0 bridgehead atoms. The summed E-state index contributed by atoms with van der Waals surface area (Å²) in [5.74, 6) is 0.389. The number of likely N-dealkylation sites (tertiary alicyclic amines) is 1. The van der Waals surface area contributed by atoms with Crippen LogP contribution in [0.5, 0.6) is 0 Å². The van der Waals surface area contributed by atoms with E-state index in [1.54, 1.807) is 4.90 Å². The number of rotatable bonds is 4. The van der Waals surface area contributed by atoms with E-state index >= 15 is 0 Å². The molecule has 3 amide bonds. The van der Waals surface area contributed by atoms with Crippen LogP contribution in [-0.4, -0.2) is 49.6 Å². The topological polar surface area (TPSA) is 70.7 Å². The molecule has 130 valence electrons. The number of nitrogens with zero attached hydrogens (tertiary/aromatic N) is 1. The molecule has 0 aromatic heterocycles. The fourth-order valence-electron chi connectivity index (χ4n) is 3.23. The van der Waals surface area contributed by atoms with Gasteiger partial charge >= 0.3 is 6.03 Å².